The summed E-state index contributed by atoms with van der Waals surface area (Å²) in [6.07, 6.45) is 1.98. The van der Waals surface area contributed by atoms with E-state index in [1.807, 2.05) is 71.8 Å². The largest absolute Gasteiger partial charge is 0.345 e. The number of benzene rings is 3. The van der Waals surface area contributed by atoms with Crippen molar-refractivity contribution in [3.63, 3.8) is 0 Å². The molecule has 3 nitrogen and oxygen atoms in total. The van der Waals surface area contributed by atoms with Crippen LogP contribution in [0, 0.1) is 11.7 Å². The van der Waals surface area contributed by atoms with E-state index in [0.717, 1.165) is 22.4 Å². The van der Waals surface area contributed by atoms with Crippen LogP contribution in [0.2, 0.25) is 0 Å². The van der Waals surface area contributed by atoms with Crippen molar-refractivity contribution in [3.05, 3.63) is 120 Å². The van der Waals surface area contributed by atoms with Crippen molar-refractivity contribution in [1.82, 2.24) is 9.47 Å². The average Bonchev–Trinajstić information content (AvgIpc) is 3.25. The molecule has 0 saturated heterocycles. The van der Waals surface area contributed by atoms with E-state index in [1.165, 1.54) is 6.07 Å². The zero-order valence-electron chi connectivity index (χ0n) is 19.1. The third kappa shape index (κ3) is 5.78. The summed E-state index contributed by atoms with van der Waals surface area (Å²) in [4.78, 5) is 15.3. The number of hydrogen-bond donors (Lipinski definition) is 0. The second-order valence-corrected chi connectivity index (χ2v) is 8.78. The van der Waals surface area contributed by atoms with Crippen molar-refractivity contribution in [2.45, 2.75) is 26.9 Å². The Balaban J connectivity index is 1.53. The van der Waals surface area contributed by atoms with Gasteiger partial charge >= 0.3 is 0 Å². The molecule has 4 heteroatoms. The van der Waals surface area contributed by atoms with Gasteiger partial charge in [-0.25, -0.2) is 4.39 Å². The molecule has 3 aromatic carbocycles. The summed E-state index contributed by atoms with van der Waals surface area (Å²) in [5, 5.41) is 0. The third-order valence-electron chi connectivity index (χ3n) is 5.63. The molecule has 0 radical (unpaired) electrons. The van der Waals surface area contributed by atoms with Crippen LogP contribution in [0.25, 0.3) is 11.1 Å². The van der Waals surface area contributed by atoms with Crippen LogP contribution in [0.4, 0.5) is 4.39 Å². The molecule has 33 heavy (non-hydrogen) atoms. The minimum Gasteiger partial charge on any atom is -0.345 e. The summed E-state index contributed by atoms with van der Waals surface area (Å²) in [5.74, 6) is 0.114. The van der Waals surface area contributed by atoms with Crippen LogP contribution in [0.3, 0.4) is 0 Å². The minimum absolute atomic E-state index is 0.0156. The Hall–Kier alpha value is -3.66. The number of rotatable bonds is 8. The monoisotopic (exact) mass is 440 g/mol. The lowest BCUT2D eigenvalue weighted by atomic mass is 10.0. The van der Waals surface area contributed by atoms with Crippen LogP contribution >= 0.6 is 0 Å². The smallest absolute Gasteiger partial charge is 0.254 e. The lowest BCUT2D eigenvalue weighted by Gasteiger charge is -2.25. The highest BCUT2D eigenvalue weighted by Crippen LogP contribution is 2.21. The summed E-state index contributed by atoms with van der Waals surface area (Å²) in [5.41, 5.74) is 4.82. The molecule has 1 aromatic heterocycles. The number of carbonyl (C=O) groups excluding carboxylic acids is 1. The maximum absolute atomic E-state index is 13.6. The second-order valence-electron chi connectivity index (χ2n) is 8.78. The van der Waals surface area contributed by atoms with Gasteiger partial charge in [0.15, 0.2) is 0 Å². The minimum atomic E-state index is -0.239. The first-order valence-corrected chi connectivity index (χ1v) is 11.3. The van der Waals surface area contributed by atoms with Gasteiger partial charge in [0.2, 0.25) is 0 Å². The highest BCUT2D eigenvalue weighted by atomic mass is 19.1. The Kier molecular flexibility index (Phi) is 7.04. The first-order valence-electron chi connectivity index (χ1n) is 11.3. The molecule has 0 unspecified atom stereocenters. The van der Waals surface area contributed by atoms with Crippen molar-refractivity contribution < 1.29 is 9.18 Å². The standard InChI is InChI=1S/C29H29FN2O/c1-22(2)19-32(21-28-12-7-17-31(28)20-23-8-6-11-27(30)18-23)29(33)26-15-13-25(14-16-26)24-9-4-3-5-10-24/h3-18,22H,19-21H2,1-2H3. The van der Waals surface area contributed by atoms with Crippen LogP contribution < -0.4 is 0 Å². The van der Waals surface area contributed by atoms with Gasteiger partial charge in [-0.1, -0.05) is 68.4 Å². The normalized spacial score (nSPS) is 11.0. The molecule has 1 amide bonds. The third-order valence-corrected chi connectivity index (χ3v) is 5.63. The van der Waals surface area contributed by atoms with Gasteiger partial charge in [-0.3, -0.25) is 4.79 Å². The quantitative estimate of drug-likeness (QED) is 0.301. The molecule has 0 atom stereocenters. The van der Waals surface area contributed by atoms with E-state index in [9.17, 15) is 9.18 Å². The van der Waals surface area contributed by atoms with Crippen LogP contribution in [-0.2, 0) is 13.1 Å². The molecular weight excluding hydrogens is 411 g/mol. The predicted molar refractivity (Wildman–Crippen MR) is 131 cm³/mol. The van der Waals surface area contributed by atoms with E-state index in [4.69, 9.17) is 0 Å². The van der Waals surface area contributed by atoms with Gasteiger partial charge in [0.05, 0.1) is 6.54 Å². The molecule has 0 fully saturated rings. The molecule has 0 aliphatic heterocycles. The number of carbonyl (C=O) groups is 1. The Morgan fingerprint density at radius 3 is 2.30 bits per heavy atom. The lowest BCUT2D eigenvalue weighted by Crippen LogP contribution is -2.34. The maximum Gasteiger partial charge on any atom is 0.254 e. The maximum atomic E-state index is 13.6. The first-order chi connectivity index (χ1) is 16.0. The van der Waals surface area contributed by atoms with E-state index in [2.05, 4.69) is 30.5 Å². The molecule has 4 aromatic rings. The van der Waals surface area contributed by atoms with Crippen LogP contribution in [-0.4, -0.2) is 21.9 Å². The average molecular weight is 441 g/mol. The SMILES string of the molecule is CC(C)CN(Cc1cccn1Cc1cccc(F)c1)C(=O)c1ccc(-c2ccccc2)cc1. The second kappa shape index (κ2) is 10.3. The summed E-state index contributed by atoms with van der Waals surface area (Å²) in [7, 11) is 0. The Labute approximate surface area is 195 Å². The van der Waals surface area contributed by atoms with Crippen molar-refractivity contribution in [2.75, 3.05) is 6.54 Å². The Morgan fingerprint density at radius 1 is 0.879 bits per heavy atom. The lowest BCUT2D eigenvalue weighted by molar-refractivity contribution is 0.0719. The summed E-state index contributed by atoms with van der Waals surface area (Å²) in [6, 6.07) is 28.6. The van der Waals surface area contributed by atoms with Gasteiger partial charge in [-0.05, 0) is 59.0 Å². The van der Waals surface area contributed by atoms with Gasteiger partial charge in [0, 0.05) is 30.5 Å². The van der Waals surface area contributed by atoms with E-state index in [-0.39, 0.29) is 11.7 Å². The summed E-state index contributed by atoms with van der Waals surface area (Å²) >= 11 is 0. The number of amides is 1. The van der Waals surface area contributed by atoms with Crippen molar-refractivity contribution >= 4 is 5.91 Å². The molecular formula is C29H29FN2O. The van der Waals surface area contributed by atoms with E-state index < -0.39 is 0 Å². The highest BCUT2D eigenvalue weighted by Gasteiger charge is 2.19. The van der Waals surface area contributed by atoms with E-state index in [1.54, 1.807) is 12.1 Å². The van der Waals surface area contributed by atoms with Gasteiger partial charge < -0.3 is 9.47 Å². The molecule has 1 heterocycles. The van der Waals surface area contributed by atoms with Crippen molar-refractivity contribution in [3.8, 4) is 11.1 Å². The molecule has 0 spiro atoms. The number of nitrogens with zero attached hydrogens (tertiary/aromatic N) is 2. The fourth-order valence-corrected chi connectivity index (χ4v) is 4.05. The van der Waals surface area contributed by atoms with Gasteiger partial charge in [-0.2, -0.15) is 0 Å². The number of halogens is 1. The Morgan fingerprint density at radius 2 is 1.61 bits per heavy atom. The molecule has 0 aliphatic carbocycles. The zero-order chi connectivity index (χ0) is 23.2. The molecule has 0 aliphatic rings. The molecule has 0 bridgehead atoms. The fourth-order valence-electron chi connectivity index (χ4n) is 4.05. The highest BCUT2D eigenvalue weighted by molar-refractivity contribution is 5.94. The topological polar surface area (TPSA) is 25.2 Å². The molecule has 0 saturated carbocycles. The number of aromatic nitrogens is 1. The van der Waals surface area contributed by atoms with Gasteiger partial charge in [0.1, 0.15) is 5.82 Å². The van der Waals surface area contributed by atoms with Crippen LogP contribution in [0.5, 0.6) is 0 Å². The van der Waals surface area contributed by atoms with Crippen LogP contribution in [0.15, 0.2) is 97.2 Å². The van der Waals surface area contributed by atoms with Gasteiger partial charge in [-0.15, -0.1) is 0 Å². The molecule has 168 valence electrons. The molecule has 4 rings (SSSR count). The van der Waals surface area contributed by atoms with Crippen molar-refractivity contribution in [1.29, 1.82) is 0 Å². The van der Waals surface area contributed by atoms with Crippen molar-refractivity contribution in [2.24, 2.45) is 5.92 Å². The first kappa shape index (κ1) is 22.5. The van der Waals surface area contributed by atoms with Gasteiger partial charge in [0.25, 0.3) is 5.91 Å². The predicted octanol–water partition coefficient (Wildman–Crippen LogP) is 6.64. The Bertz CT molecular complexity index is 1200. The number of hydrogen-bond acceptors (Lipinski definition) is 1. The molecule has 0 N–H and O–H groups in total. The summed E-state index contributed by atoms with van der Waals surface area (Å²) in [6.45, 7) is 5.95. The van der Waals surface area contributed by atoms with E-state index >= 15 is 0 Å². The van der Waals surface area contributed by atoms with Crippen LogP contribution in [0.1, 0.15) is 35.5 Å². The fraction of sp³-hybridized carbons (Fsp3) is 0.207. The zero-order valence-corrected chi connectivity index (χ0v) is 19.1. The van der Waals surface area contributed by atoms with E-state index in [0.29, 0.717) is 31.1 Å². The summed E-state index contributed by atoms with van der Waals surface area (Å²) < 4.78 is 15.7.